The first kappa shape index (κ1) is 20.8. The zero-order chi connectivity index (χ0) is 22.5. The van der Waals surface area contributed by atoms with Gasteiger partial charge in [-0.15, -0.1) is 0 Å². The van der Waals surface area contributed by atoms with Crippen LogP contribution in [0.15, 0.2) is 88.8 Å². The van der Waals surface area contributed by atoms with E-state index in [1.165, 1.54) is 0 Å². The minimum atomic E-state index is -0.535. The number of hydrogen-bond donors (Lipinski definition) is 2. The lowest BCUT2D eigenvalue weighted by Gasteiger charge is -2.14. The van der Waals surface area contributed by atoms with Gasteiger partial charge in [0.25, 0.3) is 11.5 Å². The number of hydrogen-bond acceptors (Lipinski definition) is 6. The number of nitrogens with one attached hydrogen (secondary N) is 1. The van der Waals surface area contributed by atoms with Gasteiger partial charge in [0.15, 0.2) is 12.4 Å². The van der Waals surface area contributed by atoms with E-state index in [1.807, 2.05) is 37.3 Å². The van der Waals surface area contributed by atoms with Crippen molar-refractivity contribution in [3.05, 3.63) is 106 Å². The molecule has 8 heteroatoms. The zero-order valence-corrected chi connectivity index (χ0v) is 17.4. The van der Waals surface area contributed by atoms with E-state index in [-0.39, 0.29) is 18.0 Å². The predicted octanol–water partition coefficient (Wildman–Crippen LogP) is 3.30. The molecule has 1 amide bonds. The van der Waals surface area contributed by atoms with Crippen LogP contribution in [0.3, 0.4) is 0 Å². The Morgan fingerprint density at radius 3 is 2.50 bits per heavy atom. The number of aromatic nitrogens is 2. The molecule has 0 atom stereocenters. The van der Waals surface area contributed by atoms with Crippen molar-refractivity contribution < 1.29 is 9.63 Å². The third kappa shape index (κ3) is 4.34. The Hall–Kier alpha value is -4.46. The monoisotopic (exact) mass is 427 g/mol. The Bertz CT molecular complexity index is 1360. The second-order valence-corrected chi connectivity index (χ2v) is 7.03. The molecule has 0 aliphatic heterocycles. The first-order valence-electron chi connectivity index (χ1n) is 9.93. The van der Waals surface area contributed by atoms with Crippen LogP contribution in [-0.2, 0) is 11.4 Å². The van der Waals surface area contributed by atoms with Crippen LogP contribution in [0, 0.1) is 0 Å². The Labute approximate surface area is 183 Å². The summed E-state index contributed by atoms with van der Waals surface area (Å²) in [6, 6.07) is 23.0. The van der Waals surface area contributed by atoms with Gasteiger partial charge in [0.1, 0.15) is 0 Å². The van der Waals surface area contributed by atoms with Crippen LogP contribution >= 0.6 is 0 Å². The fraction of sp³-hybridized carbons (Fsp3) is 0.0833. The van der Waals surface area contributed by atoms with Gasteiger partial charge in [-0.3, -0.25) is 15.0 Å². The average Bonchev–Trinajstić information content (AvgIpc) is 2.82. The first-order valence-corrected chi connectivity index (χ1v) is 9.93. The van der Waals surface area contributed by atoms with Gasteiger partial charge in [0.05, 0.1) is 22.2 Å². The highest BCUT2D eigenvalue weighted by Crippen LogP contribution is 2.12. The van der Waals surface area contributed by atoms with E-state index in [4.69, 9.17) is 10.6 Å². The first-order chi connectivity index (χ1) is 15.5. The van der Waals surface area contributed by atoms with Crippen molar-refractivity contribution in [2.75, 3.05) is 11.2 Å². The summed E-state index contributed by atoms with van der Waals surface area (Å²) in [5.41, 5.74) is 10.7. The van der Waals surface area contributed by atoms with Crippen LogP contribution in [0.4, 0.5) is 5.69 Å². The molecule has 1 heterocycles. The van der Waals surface area contributed by atoms with Gasteiger partial charge in [-0.1, -0.05) is 59.8 Å². The van der Waals surface area contributed by atoms with Gasteiger partial charge >= 0.3 is 0 Å². The van der Waals surface area contributed by atoms with E-state index in [0.717, 1.165) is 10.2 Å². The Balaban J connectivity index is 1.67. The quantitative estimate of drug-likeness (QED) is 0.279. The van der Waals surface area contributed by atoms with Crippen molar-refractivity contribution in [1.82, 2.24) is 9.66 Å². The van der Waals surface area contributed by atoms with Gasteiger partial charge in [-0.25, -0.2) is 4.98 Å². The molecule has 32 heavy (non-hydrogen) atoms. The summed E-state index contributed by atoms with van der Waals surface area (Å²) in [4.78, 5) is 35.9. The van der Waals surface area contributed by atoms with E-state index in [0.29, 0.717) is 22.3 Å². The van der Waals surface area contributed by atoms with Crippen molar-refractivity contribution in [2.24, 2.45) is 5.16 Å². The molecule has 4 aromatic rings. The lowest BCUT2D eigenvalue weighted by atomic mass is 10.1. The number of carbonyl (C=O) groups excluding carboxylic acids is 1. The van der Waals surface area contributed by atoms with Crippen LogP contribution in [0.1, 0.15) is 28.7 Å². The molecule has 0 spiro atoms. The summed E-state index contributed by atoms with van der Waals surface area (Å²) in [5, 5.41) is 4.48. The number of rotatable bonds is 6. The number of fused-ring (bicyclic) bond motifs is 1. The fourth-order valence-corrected chi connectivity index (χ4v) is 3.18. The number of nitrogens with two attached hydrogens (primary N) is 1. The number of carbonyl (C=O) groups is 1. The molecular formula is C24H21N5O3. The molecule has 0 aliphatic carbocycles. The number of para-hydroxylation sites is 2. The number of amides is 1. The van der Waals surface area contributed by atoms with Crippen LogP contribution < -0.4 is 16.7 Å². The Morgan fingerprint density at radius 1 is 1.03 bits per heavy atom. The molecular weight excluding hydrogens is 406 g/mol. The van der Waals surface area contributed by atoms with E-state index in [9.17, 15) is 9.59 Å². The van der Waals surface area contributed by atoms with Crippen LogP contribution in [0.2, 0.25) is 0 Å². The smallest absolute Gasteiger partial charge is 0.280 e. The standard InChI is InChI=1S/C24H21N5O3/c1-16(17-9-3-2-4-10-17)28-32-15-22-26-21-14-8-6-12-19(21)24(31)29(22)27-23(30)18-11-5-7-13-20(18)25/h2-14H,15,25H2,1H3,(H,27,30). The number of nitrogens with zero attached hydrogens (tertiary/aromatic N) is 3. The van der Waals surface area contributed by atoms with E-state index in [1.54, 1.807) is 48.5 Å². The topological polar surface area (TPSA) is 112 Å². The Morgan fingerprint density at radius 2 is 1.72 bits per heavy atom. The molecule has 4 rings (SSSR count). The normalized spacial score (nSPS) is 11.3. The van der Waals surface area contributed by atoms with Gasteiger partial charge in [-0.2, -0.15) is 4.68 Å². The molecule has 8 nitrogen and oxygen atoms in total. The minimum Gasteiger partial charge on any atom is -0.398 e. The average molecular weight is 427 g/mol. The molecule has 0 bridgehead atoms. The molecule has 160 valence electrons. The van der Waals surface area contributed by atoms with Crippen LogP contribution in [0.25, 0.3) is 10.9 Å². The summed E-state index contributed by atoms with van der Waals surface area (Å²) in [5.74, 6) is -0.339. The highest BCUT2D eigenvalue weighted by atomic mass is 16.6. The molecule has 1 aromatic heterocycles. The maximum absolute atomic E-state index is 13.1. The number of benzene rings is 3. The molecule has 3 N–H and O–H groups in total. The molecule has 0 fully saturated rings. The zero-order valence-electron chi connectivity index (χ0n) is 17.4. The summed E-state index contributed by atoms with van der Waals surface area (Å²) in [6.07, 6.45) is 0. The van der Waals surface area contributed by atoms with Gasteiger partial charge in [0.2, 0.25) is 0 Å². The van der Waals surface area contributed by atoms with Crippen molar-refractivity contribution in [2.45, 2.75) is 13.5 Å². The summed E-state index contributed by atoms with van der Waals surface area (Å²) in [6.45, 7) is 1.69. The largest absolute Gasteiger partial charge is 0.398 e. The summed E-state index contributed by atoms with van der Waals surface area (Å²) < 4.78 is 1.07. The number of anilines is 1. The highest BCUT2D eigenvalue weighted by Gasteiger charge is 2.16. The van der Waals surface area contributed by atoms with E-state index >= 15 is 0 Å². The number of oxime groups is 1. The van der Waals surface area contributed by atoms with Gasteiger partial charge in [0, 0.05) is 5.69 Å². The van der Waals surface area contributed by atoms with Crippen molar-refractivity contribution in [3.63, 3.8) is 0 Å². The van der Waals surface area contributed by atoms with Gasteiger partial charge in [-0.05, 0) is 36.8 Å². The van der Waals surface area contributed by atoms with Crippen molar-refractivity contribution in [1.29, 1.82) is 0 Å². The third-order valence-corrected chi connectivity index (χ3v) is 4.85. The molecule has 0 saturated carbocycles. The minimum absolute atomic E-state index is 0.130. The molecule has 0 aliphatic rings. The lowest BCUT2D eigenvalue weighted by molar-refractivity contribution is 0.0997. The second-order valence-electron chi connectivity index (χ2n) is 7.03. The SMILES string of the molecule is CC(=NOCc1nc2ccccc2c(=O)n1NC(=O)c1ccccc1N)c1ccccc1. The third-order valence-electron chi connectivity index (χ3n) is 4.85. The molecule has 0 radical (unpaired) electrons. The summed E-state index contributed by atoms with van der Waals surface area (Å²) in [7, 11) is 0. The fourth-order valence-electron chi connectivity index (χ4n) is 3.18. The maximum Gasteiger partial charge on any atom is 0.280 e. The van der Waals surface area contributed by atoms with Crippen molar-refractivity contribution in [3.8, 4) is 0 Å². The number of nitrogen functional groups attached to an aromatic ring is 1. The molecule has 0 saturated heterocycles. The lowest BCUT2D eigenvalue weighted by Crippen LogP contribution is -2.36. The van der Waals surface area contributed by atoms with Crippen LogP contribution in [-0.4, -0.2) is 21.3 Å². The second kappa shape index (κ2) is 9.13. The Kier molecular flexibility index (Phi) is 5.94. The maximum atomic E-state index is 13.1. The molecule has 0 unspecified atom stereocenters. The van der Waals surface area contributed by atoms with E-state index in [2.05, 4.69) is 15.6 Å². The van der Waals surface area contributed by atoms with E-state index < -0.39 is 11.5 Å². The van der Waals surface area contributed by atoms with Crippen molar-refractivity contribution >= 4 is 28.2 Å². The predicted molar refractivity (Wildman–Crippen MR) is 124 cm³/mol. The molecule has 3 aromatic carbocycles. The summed E-state index contributed by atoms with van der Waals surface area (Å²) >= 11 is 0. The van der Waals surface area contributed by atoms with Gasteiger partial charge < -0.3 is 10.6 Å². The highest BCUT2D eigenvalue weighted by molar-refractivity contribution is 6.04. The van der Waals surface area contributed by atoms with Crippen LogP contribution in [0.5, 0.6) is 0 Å².